The number of ketones is 1. The van der Waals surface area contributed by atoms with E-state index in [0.29, 0.717) is 0 Å². The summed E-state index contributed by atoms with van der Waals surface area (Å²) < 4.78 is 8.22. The highest BCUT2D eigenvalue weighted by molar-refractivity contribution is 7.80. The molecule has 0 amide bonds. The quantitative estimate of drug-likeness (QED) is 0.234. The summed E-state index contributed by atoms with van der Waals surface area (Å²) in [5, 5.41) is 0. The van der Waals surface area contributed by atoms with E-state index in [-0.39, 0.29) is 17.2 Å². The Kier molecular flexibility index (Phi) is 15.4. The van der Waals surface area contributed by atoms with Crippen molar-refractivity contribution in [3.05, 3.63) is 0 Å². The van der Waals surface area contributed by atoms with Crippen LogP contribution in [0.4, 0.5) is 0 Å². The van der Waals surface area contributed by atoms with E-state index in [9.17, 15) is 9.59 Å². The summed E-state index contributed by atoms with van der Waals surface area (Å²) in [4.78, 5) is 43.0. The van der Waals surface area contributed by atoms with Gasteiger partial charge in [-0.05, 0) is 20.8 Å². The van der Waals surface area contributed by atoms with Gasteiger partial charge < -0.3 is 28.3 Å². The molecular weight excluding hydrogens is 268 g/mol. The highest BCUT2D eigenvalue weighted by atomic mass is 32.1. The largest absolute Gasteiger partial charge is 0.671 e. The van der Waals surface area contributed by atoms with Crippen molar-refractivity contribution in [2.75, 3.05) is 7.11 Å². The SMILES string of the molecule is CC(=O)OC(C)S.CC(C)=O.CO[Si](O)(O)O. The molecule has 1 unspecified atom stereocenters. The first-order valence-electron chi connectivity index (χ1n) is 4.47. The standard InChI is InChI=1S/C4H8O2S.C3H6O.CH6O4Si/c1-3(5)6-4(2)7;1-3(2)4;1-5-6(2,3)4/h4,7H,1-2H3;1-2H3;2-4H,1H3. The average Bonchev–Trinajstić information content (AvgIpc) is 1.99. The molecule has 0 aliphatic heterocycles. The van der Waals surface area contributed by atoms with E-state index in [1.165, 1.54) is 20.8 Å². The highest BCUT2D eigenvalue weighted by Crippen LogP contribution is 1.93. The van der Waals surface area contributed by atoms with Crippen LogP contribution >= 0.6 is 12.6 Å². The molecule has 0 aromatic heterocycles. The topological polar surface area (TPSA) is 113 Å². The molecular formula is C8H20O7SSi. The first kappa shape index (κ1) is 21.8. The van der Waals surface area contributed by atoms with E-state index >= 15 is 0 Å². The zero-order valence-electron chi connectivity index (χ0n) is 10.5. The molecule has 0 aromatic carbocycles. The van der Waals surface area contributed by atoms with Crippen molar-refractivity contribution in [3.8, 4) is 0 Å². The number of ether oxygens (including phenoxy) is 1. The van der Waals surface area contributed by atoms with Gasteiger partial charge in [-0.15, -0.1) is 12.6 Å². The van der Waals surface area contributed by atoms with E-state index in [0.717, 1.165) is 7.11 Å². The van der Waals surface area contributed by atoms with Crippen LogP contribution < -0.4 is 0 Å². The van der Waals surface area contributed by atoms with Gasteiger partial charge in [-0.3, -0.25) is 4.79 Å². The number of hydrogen-bond acceptors (Lipinski definition) is 8. The minimum atomic E-state index is -4.13. The van der Waals surface area contributed by atoms with Gasteiger partial charge in [0.2, 0.25) is 0 Å². The fourth-order valence-corrected chi connectivity index (χ4v) is 0.389. The lowest BCUT2D eigenvalue weighted by Gasteiger charge is -2.01. The molecule has 0 bridgehead atoms. The van der Waals surface area contributed by atoms with Crippen LogP contribution in [0.25, 0.3) is 0 Å². The van der Waals surface area contributed by atoms with Gasteiger partial charge in [0, 0.05) is 14.0 Å². The second-order valence-electron chi connectivity index (χ2n) is 2.89. The fourth-order valence-electron chi connectivity index (χ4n) is 0.240. The summed E-state index contributed by atoms with van der Waals surface area (Å²) in [7, 11) is -3.11. The van der Waals surface area contributed by atoms with Crippen LogP contribution in [0.1, 0.15) is 27.7 Å². The number of carbonyl (C=O) groups excluding carboxylic acids is 2. The van der Waals surface area contributed by atoms with E-state index in [1.807, 2.05) is 0 Å². The maximum absolute atomic E-state index is 9.98. The maximum atomic E-state index is 9.98. The normalized spacial score (nSPS) is 11.1. The lowest BCUT2D eigenvalue weighted by molar-refractivity contribution is -0.141. The Morgan fingerprint density at radius 1 is 1.18 bits per heavy atom. The smallest absolute Gasteiger partial charge is 0.452 e. The van der Waals surface area contributed by atoms with Gasteiger partial charge in [-0.25, -0.2) is 0 Å². The minimum absolute atomic E-state index is 0.167. The third kappa shape index (κ3) is 66.6. The van der Waals surface area contributed by atoms with E-state index in [1.54, 1.807) is 6.92 Å². The third-order valence-electron chi connectivity index (χ3n) is 0.610. The number of carbonyl (C=O) groups is 2. The summed E-state index contributed by atoms with van der Waals surface area (Å²) in [5.41, 5.74) is -0.280. The summed E-state index contributed by atoms with van der Waals surface area (Å²) in [6.07, 6.45) is 0. The Bertz CT molecular complexity index is 210. The van der Waals surface area contributed by atoms with Crippen molar-refractivity contribution in [3.63, 3.8) is 0 Å². The Morgan fingerprint density at radius 2 is 1.41 bits per heavy atom. The summed E-state index contributed by atoms with van der Waals surface area (Å²) in [6.45, 7) is 6.09. The number of esters is 1. The Labute approximate surface area is 107 Å². The fraction of sp³-hybridized carbons (Fsp3) is 0.750. The van der Waals surface area contributed by atoms with Crippen LogP contribution in [0, 0.1) is 0 Å². The van der Waals surface area contributed by atoms with Gasteiger partial charge in [0.25, 0.3) is 0 Å². The third-order valence-corrected chi connectivity index (χ3v) is 1.26. The molecule has 1 atom stereocenters. The van der Waals surface area contributed by atoms with E-state index in [4.69, 9.17) is 14.4 Å². The molecule has 0 spiro atoms. The zero-order chi connectivity index (χ0) is 14.6. The predicted molar refractivity (Wildman–Crippen MR) is 66.0 cm³/mol. The molecule has 17 heavy (non-hydrogen) atoms. The highest BCUT2D eigenvalue weighted by Gasteiger charge is 2.27. The Morgan fingerprint density at radius 3 is 1.41 bits per heavy atom. The summed E-state index contributed by atoms with van der Waals surface area (Å²) >= 11 is 3.79. The maximum Gasteiger partial charge on any atom is 0.671 e. The van der Waals surface area contributed by atoms with Crippen LogP contribution in [0.5, 0.6) is 0 Å². The van der Waals surface area contributed by atoms with Crippen molar-refractivity contribution in [1.29, 1.82) is 0 Å². The molecule has 0 radical (unpaired) electrons. The lowest BCUT2D eigenvalue weighted by atomic mass is 10.6. The molecule has 0 heterocycles. The van der Waals surface area contributed by atoms with Gasteiger partial charge in [0.1, 0.15) is 11.2 Å². The molecule has 0 aromatic rings. The molecule has 104 valence electrons. The molecule has 0 rings (SSSR count). The van der Waals surface area contributed by atoms with Crippen LogP contribution in [0.3, 0.4) is 0 Å². The van der Waals surface area contributed by atoms with Crippen LogP contribution in [0.2, 0.25) is 0 Å². The molecule has 0 aliphatic carbocycles. The van der Waals surface area contributed by atoms with Gasteiger partial charge in [0.05, 0.1) is 0 Å². The van der Waals surface area contributed by atoms with Crippen LogP contribution in [0.15, 0.2) is 0 Å². The molecule has 9 heteroatoms. The monoisotopic (exact) mass is 288 g/mol. The summed E-state index contributed by atoms with van der Waals surface area (Å²) in [6, 6.07) is 0. The minimum Gasteiger partial charge on any atom is -0.452 e. The summed E-state index contributed by atoms with van der Waals surface area (Å²) in [5.74, 6) is -0.123. The van der Waals surface area contributed by atoms with Crippen molar-refractivity contribution < 1.29 is 33.1 Å². The molecule has 0 fully saturated rings. The predicted octanol–water partition coefficient (Wildman–Crippen LogP) is -0.534. The zero-order valence-corrected chi connectivity index (χ0v) is 12.4. The molecule has 0 saturated carbocycles. The number of thiol groups is 1. The molecule has 0 saturated heterocycles. The van der Waals surface area contributed by atoms with Crippen molar-refractivity contribution >= 4 is 33.4 Å². The van der Waals surface area contributed by atoms with Gasteiger partial charge in [-0.2, -0.15) is 0 Å². The Hall–Kier alpha value is -0.453. The second kappa shape index (κ2) is 12.0. The van der Waals surface area contributed by atoms with Crippen molar-refractivity contribution in [2.45, 2.75) is 33.1 Å². The van der Waals surface area contributed by atoms with E-state index in [2.05, 4.69) is 21.8 Å². The van der Waals surface area contributed by atoms with Gasteiger partial charge in [-0.1, -0.05) is 0 Å². The van der Waals surface area contributed by atoms with Gasteiger partial charge >= 0.3 is 15.0 Å². The molecule has 0 aliphatic rings. The first-order valence-corrected chi connectivity index (χ1v) is 6.73. The lowest BCUT2D eigenvalue weighted by Crippen LogP contribution is -2.37. The molecule has 7 nitrogen and oxygen atoms in total. The first-order chi connectivity index (χ1) is 7.42. The van der Waals surface area contributed by atoms with Crippen molar-refractivity contribution in [1.82, 2.24) is 0 Å². The number of hydrogen-bond donors (Lipinski definition) is 4. The molecule has 3 N–H and O–H groups in total. The van der Waals surface area contributed by atoms with Crippen molar-refractivity contribution in [2.24, 2.45) is 0 Å². The second-order valence-corrected chi connectivity index (χ2v) is 5.18. The number of rotatable bonds is 2. The van der Waals surface area contributed by atoms with E-state index < -0.39 is 9.05 Å². The average molecular weight is 288 g/mol. The van der Waals surface area contributed by atoms with Gasteiger partial charge in [0.15, 0.2) is 0 Å². The number of Topliss-reactive ketones (excluding diaryl/α,β-unsaturated/α-hetero) is 1. The Balaban J connectivity index is -0.000000180. The van der Waals surface area contributed by atoms with Crippen LogP contribution in [-0.2, 0) is 18.8 Å². The van der Waals surface area contributed by atoms with Crippen LogP contribution in [-0.4, -0.2) is 47.7 Å².